The van der Waals surface area contributed by atoms with E-state index in [-0.39, 0.29) is 6.04 Å². The molecule has 1 atom stereocenters. The molecule has 1 unspecified atom stereocenters. The van der Waals surface area contributed by atoms with Gasteiger partial charge in [-0.3, -0.25) is 10.00 Å². The summed E-state index contributed by atoms with van der Waals surface area (Å²) in [6, 6.07) is 21.2. The smallest absolute Gasteiger partial charge is 0.115 e. The van der Waals surface area contributed by atoms with Crippen LogP contribution < -0.4 is 0 Å². The summed E-state index contributed by atoms with van der Waals surface area (Å²) in [7, 11) is 2.10. The van der Waals surface area contributed by atoms with Gasteiger partial charge in [0.2, 0.25) is 0 Å². The average molecular weight is 369 g/mol. The number of nitrogens with zero attached hydrogens (tertiary/aromatic N) is 4. The highest BCUT2D eigenvalue weighted by Crippen LogP contribution is 2.27. The summed E-state index contributed by atoms with van der Waals surface area (Å²) in [5.74, 6) is 0. The Balaban J connectivity index is 1.53. The lowest BCUT2D eigenvalue weighted by Gasteiger charge is -2.24. The van der Waals surface area contributed by atoms with Crippen LogP contribution in [0.15, 0.2) is 79.4 Å². The first-order chi connectivity index (χ1) is 13.7. The van der Waals surface area contributed by atoms with Gasteiger partial charge in [-0.25, -0.2) is 9.97 Å². The molecule has 2 heterocycles. The zero-order valence-corrected chi connectivity index (χ0v) is 16.1. The normalized spacial score (nSPS) is 12.2. The average Bonchev–Trinajstić information content (AvgIpc) is 3.22. The highest BCUT2D eigenvalue weighted by atomic mass is 15.2. The number of hydrogen-bond acceptors (Lipinski definition) is 4. The quantitative estimate of drug-likeness (QED) is 0.534. The Morgan fingerprint density at radius 2 is 1.64 bits per heavy atom. The van der Waals surface area contributed by atoms with E-state index in [1.807, 2.05) is 18.3 Å². The van der Waals surface area contributed by atoms with Crippen molar-refractivity contribution in [2.45, 2.75) is 19.5 Å². The van der Waals surface area contributed by atoms with Crippen molar-refractivity contribution in [2.75, 3.05) is 7.05 Å². The van der Waals surface area contributed by atoms with Crippen molar-refractivity contribution in [3.63, 3.8) is 0 Å². The molecule has 2 aromatic carbocycles. The number of aromatic nitrogens is 4. The summed E-state index contributed by atoms with van der Waals surface area (Å²) in [6.45, 7) is 2.92. The van der Waals surface area contributed by atoms with Crippen molar-refractivity contribution < 1.29 is 0 Å². The van der Waals surface area contributed by atoms with Gasteiger partial charge < -0.3 is 0 Å². The van der Waals surface area contributed by atoms with Crippen LogP contribution in [0.1, 0.15) is 24.2 Å². The minimum atomic E-state index is 0.186. The van der Waals surface area contributed by atoms with Gasteiger partial charge >= 0.3 is 0 Å². The fraction of sp³-hybridized carbons (Fsp3) is 0.174. The van der Waals surface area contributed by atoms with E-state index in [9.17, 15) is 0 Å². The second kappa shape index (κ2) is 8.15. The fourth-order valence-corrected chi connectivity index (χ4v) is 3.32. The van der Waals surface area contributed by atoms with Crippen molar-refractivity contribution >= 4 is 0 Å². The molecular formula is C23H23N5. The molecule has 0 aliphatic rings. The van der Waals surface area contributed by atoms with E-state index in [1.54, 1.807) is 12.5 Å². The first-order valence-corrected chi connectivity index (χ1v) is 9.36. The molecule has 4 aromatic rings. The van der Waals surface area contributed by atoms with Gasteiger partial charge in [0.15, 0.2) is 0 Å². The molecule has 0 amide bonds. The Labute approximate surface area is 165 Å². The molecule has 0 aliphatic carbocycles. The second-order valence-corrected chi connectivity index (χ2v) is 6.94. The van der Waals surface area contributed by atoms with Gasteiger partial charge in [-0.05, 0) is 36.7 Å². The zero-order chi connectivity index (χ0) is 19.3. The number of rotatable bonds is 6. The summed E-state index contributed by atoms with van der Waals surface area (Å²) in [6.07, 6.45) is 5.28. The van der Waals surface area contributed by atoms with Crippen LogP contribution in [-0.2, 0) is 6.54 Å². The number of nitrogens with one attached hydrogen (secondary N) is 1. The molecule has 28 heavy (non-hydrogen) atoms. The van der Waals surface area contributed by atoms with E-state index in [2.05, 4.69) is 87.6 Å². The van der Waals surface area contributed by atoms with Crippen LogP contribution in [0, 0.1) is 0 Å². The molecular weight excluding hydrogens is 346 g/mol. The van der Waals surface area contributed by atoms with Gasteiger partial charge in [0, 0.05) is 24.3 Å². The van der Waals surface area contributed by atoms with E-state index in [0.29, 0.717) is 0 Å². The highest BCUT2D eigenvalue weighted by Gasteiger charge is 2.16. The third-order valence-electron chi connectivity index (χ3n) is 5.11. The number of aromatic amines is 1. The van der Waals surface area contributed by atoms with Crippen LogP contribution in [0.4, 0.5) is 0 Å². The summed E-state index contributed by atoms with van der Waals surface area (Å²) in [5.41, 5.74) is 6.79. The lowest BCUT2D eigenvalue weighted by atomic mass is 10.0. The third kappa shape index (κ3) is 3.85. The summed E-state index contributed by atoms with van der Waals surface area (Å²) in [5, 5.41) is 7.45. The van der Waals surface area contributed by atoms with Crippen LogP contribution in [0.5, 0.6) is 0 Å². The maximum absolute atomic E-state index is 4.37. The van der Waals surface area contributed by atoms with E-state index in [1.165, 1.54) is 11.1 Å². The van der Waals surface area contributed by atoms with Gasteiger partial charge in [-0.15, -0.1) is 0 Å². The molecule has 0 spiro atoms. The first kappa shape index (κ1) is 18.1. The van der Waals surface area contributed by atoms with Gasteiger partial charge in [-0.1, -0.05) is 54.6 Å². The lowest BCUT2D eigenvalue weighted by molar-refractivity contribution is 0.249. The number of hydrogen-bond donors (Lipinski definition) is 1. The Morgan fingerprint density at radius 1 is 0.929 bits per heavy atom. The molecule has 5 nitrogen and oxygen atoms in total. The molecule has 4 rings (SSSR count). The summed E-state index contributed by atoms with van der Waals surface area (Å²) >= 11 is 0. The molecule has 5 heteroatoms. The van der Waals surface area contributed by atoms with Gasteiger partial charge in [-0.2, -0.15) is 5.10 Å². The molecule has 0 fully saturated rings. The molecule has 0 saturated heterocycles. The lowest BCUT2D eigenvalue weighted by Crippen LogP contribution is -2.22. The Kier molecular flexibility index (Phi) is 5.26. The predicted octanol–water partition coefficient (Wildman–Crippen LogP) is 4.73. The van der Waals surface area contributed by atoms with Gasteiger partial charge in [0.25, 0.3) is 0 Å². The molecule has 0 radical (unpaired) electrons. The van der Waals surface area contributed by atoms with Gasteiger partial charge in [0.05, 0.1) is 17.6 Å². The largest absolute Gasteiger partial charge is 0.294 e. The predicted molar refractivity (Wildman–Crippen MR) is 111 cm³/mol. The van der Waals surface area contributed by atoms with Crippen molar-refractivity contribution in [3.8, 4) is 22.4 Å². The van der Waals surface area contributed by atoms with Gasteiger partial charge in [0.1, 0.15) is 6.33 Å². The van der Waals surface area contributed by atoms with E-state index in [0.717, 1.165) is 29.1 Å². The Hall–Kier alpha value is -3.31. The number of H-pyrrole nitrogens is 1. The fourth-order valence-electron chi connectivity index (χ4n) is 3.32. The van der Waals surface area contributed by atoms with Crippen molar-refractivity contribution in [2.24, 2.45) is 0 Å². The molecule has 0 aliphatic heterocycles. The maximum Gasteiger partial charge on any atom is 0.115 e. The Bertz CT molecular complexity index is 1010. The first-order valence-electron chi connectivity index (χ1n) is 9.36. The summed E-state index contributed by atoms with van der Waals surface area (Å²) < 4.78 is 0. The van der Waals surface area contributed by atoms with Crippen molar-refractivity contribution in [1.82, 2.24) is 25.1 Å². The van der Waals surface area contributed by atoms with Crippen LogP contribution in [-0.4, -0.2) is 32.1 Å². The standard InChI is InChI=1S/C23H23N5/c1-17(22-12-13-24-16-25-22)28(2)15-21-14-26-27-23(21)20-10-8-19(9-11-20)18-6-4-3-5-7-18/h3-14,16-17H,15H2,1-2H3,(H,26,27). The van der Waals surface area contributed by atoms with E-state index >= 15 is 0 Å². The third-order valence-corrected chi connectivity index (χ3v) is 5.11. The molecule has 140 valence electrons. The summed E-state index contributed by atoms with van der Waals surface area (Å²) in [4.78, 5) is 10.6. The zero-order valence-electron chi connectivity index (χ0n) is 16.1. The minimum Gasteiger partial charge on any atom is -0.294 e. The van der Waals surface area contributed by atoms with Crippen LogP contribution in [0.3, 0.4) is 0 Å². The maximum atomic E-state index is 4.37. The van der Waals surface area contributed by atoms with Crippen LogP contribution in [0.25, 0.3) is 22.4 Å². The Morgan fingerprint density at radius 3 is 2.36 bits per heavy atom. The van der Waals surface area contributed by atoms with Crippen molar-refractivity contribution in [3.05, 3.63) is 90.6 Å². The second-order valence-electron chi connectivity index (χ2n) is 6.94. The number of benzene rings is 2. The van der Waals surface area contributed by atoms with E-state index in [4.69, 9.17) is 0 Å². The molecule has 2 aromatic heterocycles. The monoisotopic (exact) mass is 369 g/mol. The molecule has 1 N–H and O–H groups in total. The van der Waals surface area contributed by atoms with Crippen LogP contribution in [0.2, 0.25) is 0 Å². The molecule has 0 bridgehead atoms. The topological polar surface area (TPSA) is 57.7 Å². The minimum absolute atomic E-state index is 0.186. The van der Waals surface area contributed by atoms with Crippen LogP contribution >= 0.6 is 0 Å². The van der Waals surface area contributed by atoms with E-state index < -0.39 is 0 Å². The van der Waals surface area contributed by atoms with Crippen molar-refractivity contribution in [1.29, 1.82) is 0 Å². The SMILES string of the molecule is CC(c1ccncn1)N(C)Cc1cn[nH]c1-c1ccc(-c2ccccc2)cc1. The molecule has 0 saturated carbocycles. The highest BCUT2D eigenvalue weighted by molar-refractivity contribution is 5.69.